The summed E-state index contributed by atoms with van der Waals surface area (Å²) in [7, 11) is 0. The maximum Gasteiger partial charge on any atom is 0.104 e. The number of nitriles is 1. The predicted molar refractivity (Wildman–Crippen MR) is 63.9 cm³/mol. The van der Waals surface area contributed by atoms with Crippen molar-refractivity contribution >= 4 is 28.2 Å². The van der Waals surface area contributed by atoms with Crippen LogP contribution < -0.4 is 0 Å². The maximum absolute atomic E-state index is 8.91. The van der Waals surface area contributed by atoms with Gasteiger partial charge in [0.05, 0.1) is 10.3 Å². The molecule has 0 saturated carbocycles. The van der Waals surface area contributed by atoms with Gasteiger partial charge in [-0.2, -0.15) is 5.26 Å². The molecule has 0 N–H and O–H groups in total. The SMILES string of the molecule is C/C=C\CC(=S)SC(C)(C#N)CC. The molecule has 0 radical (unpaired) electrons. The van der Waals surface area contributed by atoms with Crippen LogP contribution in [-0.2, 0) is 0 Å². The molecule has 0 aliphatic rings. The van der Waals surface area contributed by atoms with Gasteiger partial charge in [-0.25, -0.2) is 0 Å². The smallest absolute Gasteiger partial charge is 0.104 e. The minimum absolute atomic E-state index is 0.349. The van der Waals surface area contributed by atoms with Crippen molar-refractivity contribution in [3.05, 3.63) is 12.2 Å². The highest BCUT2D eigenvalue weighted by atomic mass is 32.2. The molecule has 0 amide bonds. The first-order valence-corrected chi connectivity index (χ1v) is 5.54. The summed E-state index contributed by atoms with van der Waals surface area (Å²) in [6.07, 6.45) is 5.60. The topological polar surface area (TPSA) is 23.8 Å². The van der Waals surface area contributed by atoms with E-state index in [1.807, 2.05) is 32.9 Å². The van der Waals surface area contributed by atoms with Gasteiger partial charge in [-0.15, -0.1) is 0 Å². The van der Waals surface area contributed by atoms with E-state index in [0.717, 1.165) is 17.0 Å². The fourth-order valence-electron chi connectivity index (χ4n) is 0.681. The van der Waals surface area contributed by atoms with Crippen LogP contribution in [0.2, 0.25) is 0 Å². The Morgan fingerprint density at radius 1 is 1.69 bits per heavy atom. The van der Waals surface area contributed by atoms with Crippen LogP contribution in [-0.4, -0.2) is 8.94 Å². The Bertz CT molecular complexity index is 240. The summed E-state index contributed by atoms with van der Waals surface area (Å²) < 4.78 is 0.544. The molecule has 0 heterocycles. The zero-order valence-electron chi connectivity index (χ0n) is 8.33. The number of rotatable bonds is 4. The minimum atomic E-state index is -0.349. The Hall–Kier alpha value is -0.330. The first kappa shape index (κ1) is 12.7. The number of nitrogens with zero attached hydrogens (tertiary/aromatic N) is 1. The second-order valence-corrected chi connectivity index (χ2v) is 5.29. The normalized spacial score (nSPS) is 15.2. The molecule has 0 fully saturated rings. The van der Waals surface area contributed by atoms with E-state index in [-0.39, 0.29) is 4.75 Å². The van der Waals surface area contributed by atoms with E-state index in [2.05, 4.69) is 6.07 Å². The third-order valence-corrected chi connectivity index (χ3v) is 3.41. The highest BCUT2D eigenvalue weighted by molar-refractivity contribution is 8.24. The molecule has 1 atom stereocenters. The average molecular weight is 213 g/mol. The number of allylic oxidation sites excluding steroid dienone is 2. The van der Waals surface area contributed by atoms with E-state index < -0.39 is 0 Å². The van der Waals surface area contributed by atoms with Crippen LogP contribution in [0.5, 0.6) is 0 Å². The van der Waals surface area contributed by atoms with Crippen LogP contribution in [0.3, 0.4) is 0 Å². The standard InChI is InChI=1S/C10H15NS2/c1-4-6-7-9(12)13-10(3,5-2)8-11/h4,6H,5,7H2,1-3H3/b6-4-. The molecule has 1 nitrogen and oxygen atoms in total. The molecule has 72 valence electrons. The fourth-order valence-corrected chi connectivity index (χ4v) is 2.20. The zero-order chi connectivity index (χ0) is 10.3. The van der Waals surface area contributed by atoms with Crippen LogP contribution in [0, 0.1) is 11.3 Å². The van der Waals surface area contributed by atoms with Crippen LogP contribution >= 0.6 is 24.0 Å². The lowest BCUT2D eigenvalue weighted by molar-refractivity contribution is 0.773. The summed E-state index contributed by atoms with van der Waals surface area (Å²) in [5.74, 6) is 0. The fraction of sp³-hybridized carbons (Fsp3) is 0.600. The highest BCUT2D eigenvalue weighted by Crippen LogP contribution is 2.30. The van der Waals surface area contributed by atoms with E-state index in [1.54, 1.807) is 0 Å². The third kappa shape index (κ3) is 5.07. The van der Waals surface area contributed by atoms with Gasteiger partial charge in [0.15, 0.2) is 0 Å². The van der Waals surface area contributed by atoms with Crippen LogP contribution in [0.1, 0.15) is 33.6 Å². The van der Waals surface area contributed by atoms with Gasteiger partial charge in [-0.3, -0.25) is 0 Å². The van der Waals surface area contributed by atoms with E-state index in [1.165, 1.54) is 11.8 Å². The molecule has 0 spiro atoms. The summed E-state index contributed by atoms with van der Waals surface area (Å²) in [5.41, 5.74) is 0. The van der Waals surface area contributed by atoms with Crippen LogP contribution in [0.4, 0.5) is 0 Å². The monoisotopic (exact) mass is 213 g/mol. The van der Waals surface area contributed by atoms with Crippen molar-refractivity contribution in [3.8, 4) is 6.07 Å². The van der Waals surface area contributed by atoms with Crippen molar-refractivity contribution in [2.24, 2.45) is 0 Å². The quantitative estimate of drug-likeness (QED) is 0.525. The van der Waals surface area contributed by atoms with Crippen molar-refractivity contribution in [3.63, 3.8) is 0 Å². The number of thiocarbonyl (C=S) groups is 1. The van der Waals surface area contributed by atoms with E-state index in [4.69, 9.17) is 17.5 Å². The average Bonchev–Trinajstić information content (AvgIpc) is 2.14. The van der Waals surface area contributed by atoms with Crippen molar-refractivity contribution in [1.29, 1.82) is 5.26 Å². The Morgan fingerprint density at radius 3 is 2.69 bits per heavy atom. The van der Waals surface area contributed by atoms with Crippen LogP contribution in [0.25, 0.3) is 0 Å². The Kier molecular flexibility index (Phi) is 6.02. The Morgan fingerprint density at radius 2 is 2.31 bits per heavy atom. The van der Waals surface area contributed by atoms with Gasteiger partial charge in [0.25, 0.3) is 0 Å². The molecule has 0 bridgehead atoms. The van der Waals surface area contributed by atoms with Gasteiger partial charge in [0.2, 0.25) is 0 Å². The molecule has 0 aromatic heterocycles. The lowest BCUT2D eigenvalue weighted by Crippen LogP contribution is -2.17. The Balaban J connectivity index is 4.11. The molecule has 0 aromatic carbocycles. The summed E-state index contributed by atoms with van der Waals surface area (Å²) in [4.78, 5) is 0. The highest BCUT2D eigenvalue weighted by Gasteiger charge is 2.23. The summed E-state index contributed by atoms with van der Waals surface area (Å²) >= 11 is 6.67. The van der Waals surface area contributed by atoms with Crippen LogP contribution in [0.15, 0.2) is 12.2 Å². The lowest BCUT2D eigenvalue weighted by Gasteiger charge is -2.18. The third-order valence-electron chi connectivity index (χ3n) is 1.77. The predicted octanol–water partition coefficient (Wildman–Crippen LogP) is 3.71. The molecule has 0 saturated heterocycles. The van der Waals surface area contributed by atoms with Crippen molar-refractivity contribution in [2.45, 2.75) is 38.4 Å². The van der Waals surface area contributed by atoms with Gasteiger partial charge in [-0.1, -0.05) is 43.1 Å². The number of hydrogen-bond acceptors (Lipinski definition) is 3. The molecule has 0 aliphatic heterocycles. The van der Waals surface area contributed by atoms with Crippen molar-refractivity contribution < 1.29 is 0 Å². The van der Waals surface area contributed by atoms with Crippen molar-refractivity contribution in [2.75, 3.05) is 0 Å². The van der Waals surface area contributed by atoms with E-state index in [0.29, 0.717) is 0 Å². The molecule has 0 rings (SSSR count). The molecular formula is C10H15NS2. The lowest BCUT2D eigenvalue weighted by atomic mass is 10.1. The van der Waals surface area contributed by atoms with Gasteiger partial charge < -0.3 is 0 Å². The molecule has 0 aromatic rings. The molecule has 1 unspecified atom stereocenters. The zero-order valence-corrected chi connectivity index (χ0v) is 9.97. The summed E-state index contributed by atoms with van der Waals surface area (Å²) in [6.45, 7) is 5.91. The van der Waals surface area contributed by atoms with Gasteiger partial charge in [-0.05, 0) is 20.3 Å². The Labute approximate surface area is 90.2 Å². The van der Waals surface area contributed by atoms with Gasteiger partial charge >= 0.3 is 0 Å². The number of thioether (sulfide) groups is 1. The van der Waals surface area contributed by atoms with E-state index in [9.17, 15) is 0 Å². The maximum atomic E-state index is 8.91. The van der Waals surface area contributed by atoms with Crippen molar-refractivity contribution in [1.82, 2.24) is 0 Å². The molecule has 0 aliphatic carbocycles. The minimum Gasteiger partial charge on any atom is -0.197 e. The molecule has 13 heavy (non-hydrogen) atoms. The summed E-state index contributed by atoms with van der Waals surface area (Å²) in [6, 6.07) is 2.29. The van der Waals surface area contributed by atoms with Gasteiger partial charge in [0, 0.05) is 6.42 Å². The largest absolute Gasteiger partial charge is 0.197 e. The molecular weight excluding hydrogens is 198 g/mol. The molecule has 3 heteroatoms. The second-order valence-electron chi connectivity index (χ2n) is 2.94. The number of hydrogen-bond donors (Lipinski definition) is 0. The first-order chi connectivity index (χ1) is 6.08. The van der Waals surface area contributed by atoms with E-state index >= 15 is 0 Å². The second kappa shape index (κ2) is 6.17. The van der Waals surface area contributed by atoms with Gasteiger partial charge in [0.1, 0.15) is 4.75 Å². The first-order valence-electron chi connectivity index (χ1n) is 4.32. The summed E-state index contributed by atoms with van der Waals surface area (Å²) in [5, 5.41) is 8.91.